The summed E-state index contributed by atoms with van der Waals surface area (Å²) in [5.74, 6) is 1.44. The van der Waals surface area contributed by atoms with Gasteiger partial charge in [0, 0.05) is 13.1 Å². The average molecular weight is 255 g/mol. The van der Waals surface area contributed by atoms with Gasteiger partial charge in [-0.05, 0) is 31.8 Å². The van der Waals surface area contributed by atoms with Crippen molar-refractivity contribution in [3.8, 4) is 0 Å². The summed E-state index contributed by atoms with van der Waals surface area (Å²) in [6.07, 6.45) is 5.72. The van der Waals surface area contributed by atoms with E-state index in [9.17, 15) is 0 Å². The molecule has 5 heteroatoms. The lowest BCUT2D eigenvalue weighted by molar-refractivity contribution is 0.189. The number of anilines is 1. The maximum Gasteiger partial charge on any atom is 0.148 e. The molecule has 0 aromatic carbocycles. The number of rotatable bonds is 4. The van der Waals surface area contributed by atoms with Crippen molar-refractivity contribution in [2.75, 3.05) is 31.5 Å². The summed E-state index contributed by atoms with van der Waals surface area (Å²) in [6, 6.07) is 0. The largest absolute Gasteiger partial charge is 0.368 e. The molecule has 0 amide bonds. The molecule has 1 fully saturated rings. The Bertz CT molecular complexity index is 358. The Morgan fingerprint density at radius 1 is 1.59 bits per heavy atom. The van der Waals surface area contributed by atoms with Crippen LogP contribution in [-0.4, -0.2) is 41.0 Å². The molecule has 1 atom stereocenters. The molecule has 0 bridgehead atoms. The Morgan fingerprint density at radius 3 is 3.24 bits per heavy atom. The van der Waals surface area contributed by atoms with Crippen molar-refractivity contribution in [2.24, 2.45) is 5.92 Å². The predicted octanol–water partition coefficient (Wildman–Crippen LogP) is 2.27. The van der Waals surface area contributed by atoms with Gasteiger partial charge in [-0.3, -0.25) is 0 Å². The molecule has 4 nitrogen and oxygen atoms in total. The van der Waals surface area contributed by atoms with Gasteiger partial charge in [-0.1, -0.05) is 18.5 Å². The molecule has 1 unspecified atom stereocenters. The van der Waals surface area contributed by atoms with Crippen LogP contribution in [0.5, 0.6) is 0 Å². The van der Waals surface area contributed by atoms with E-state index in [1.807, 2.05) is 0 Å². The minimum absolute atomic E-state index is 0.593. The Morgan fingerprint density at radius 2 is 2.47 bits per heavy atom. The maximum atomic E-state index is 6.00. The third-order valence-electron chi connectivity index (χ3n) is 3.28. The molecule has 1 aromatic rings. The first-order valence-electron chi connectivity index (χ1n) is 6.21. The minimum atomic E-state index is 0.593. The Balaban J connectivity index is 1.84. The quantitative estimate of drug-likeness (QED) is 0.895. The standard InChI is InChI=1S/C12H19ClN4/c1-2-17-5-3-4-10(8-17)6-15-12-11(13)7-14-9-16-12/h7,9-10H,2-6,8H2,1H3,(H,14,15,16). The Hall–Kier alpha value is -0.870. The number of hydrogen-bond acceptors (Lipinski definition) is 4. The van der Waals surface area contributed by atoms with Crippen LogP contribution in [-0.2, 0) is 0 Å². The number of piperidine rings is 1. The molecule has 1 N–H and O–H groups in total. The SMILES string of the molecule is CCN1CCCC(CNc2ncncc2Cl)C1. The van der Waals surface area contributed by atoms with E-state index >= 15 is 0 Å². The van der Waals surface area contributed by atoms with Crippen LogP contribution in [0.15, 0.2) is 12.5 Å². The number of hydrogen-bond donors (Lipinski definition) is 1. The molecular weight excluding hydrogens is 236 g/mol. The van der Waals surface area contributed by atoms with Gasteiger partial charge in [-0.2, -0.15) is 0 Å². The highest BCUT2D eigenvalue weighted by Crippen LogP contribution is 2.19. The normalized spacial score (nSPS) is 21.4. The van der Waals surface area contributed by atoms with Crippen LogP contribution in [0.25, 0.3) is 0 Å². The van der Waals surface area contributed by atoms with Gasteiger partial charge >= 0.3 is 0 Å². The van der Waals surface area contributed by atoms with Gasteiger partial charge in [0.25, 0.3) is 0 Å². The fraction of sp³-hybridized carbons (Fsp3) is 0.667. The number of halogens is 1. The van der Waals surface area contributed by atoms with E-state index in [1.165, 1.54) is 32.3 Å². The van der Waals surface area contributed by atoms with E-state index in [-0.39, 0.29) is 0 Å². The molecule has 2 heterocycles. The third-order valence-corrected chi connectivity index (χ3v) is 3.55. The highest BCUT2D eigenvalue weighted by molar-refractivity contribution is 6.32. The Kier molecular flexibility index (Phi) is 4.57. The van der Waals surface area contributed by atoms with Crippen molar-refractivity contribution >= 4 is 17.4 Å². The first kappa shape index (κ1) is 12.6. The van der Waals surface area contributed by atoms with E-state index in [2.05, 4.69) is 27.1 Å². The second kappa shape index (κ2) is 6.17. The summed E-state index contributed by atoms with van der Waals surface area (Å²) < 4.78 is 0. The molecule has 0 spiro atoms. The first-order valence-corrected chi connectivity index (χ1v) is 6.59. The average Bonchev–Trinajstić information content (AvgIpc) is 2.38. The summed E-state index contributed by atoms with van der Waals surface area (Å²) in [5.41, 5.74) is 0. The fourth-order valence-corrected chi connectivity index (χ4v) is 2.46. The van der Waals surface area contributed by atoms with Crippen molar-refractivity contribution in [3.05, 3.63) is 17.5 Å². The molecule has 1 aliphatic heterocycles. The summed E-state index contributed by atoms with van der Waals surface area (Å²) in [6.45, 7) is 6.71. The lowest BCUT2D eigenvalue weighted by Gasteiger charge is -2.31. The number of nitrogens with zero attached hydrogens (tertiary/aromatic N) is 3. The van der Waals surface area contributed by atoms with E-state index in [0.717, 1.165) is 18.9 Å². The van der Waals surface area contributed by atoms with Gasteiger partial charge < -0.3 is 10.2 Å². The molecule has 94 valence electrons. The van der Waals surface area contributed by atoms with Crippen LogP contribution >= 0.6 is 11.6 Å². The highest BCUT2D eigenvalue weighted by Gasteiger charge is 2.18. The second-order valence-corrected chi connectivity index (χ2v) is 4.91. The van der Waals surface area contributed by atoms with Crippen molar-refractivity contribution in [1.29, 1.82) is 0 Å². The molecule has 0 aliphatic carbocycles. The topological polar surface area (TPSA) is 41.0 Å². The summed E-state index contributed by atoms with van der Waals surface area (Å²) in [5, 5.41) is 3.91. The van der Waals surface area contributed by atoms with Gasteiger partial charge in [0.15, 0.2) is 0 Å². The van der Waals surface area contributed by atoms with E-state index in [4.69, 9.17) is 11.6 Å². The minimum Gasteiger partial charge on any atom is -0.368 e. The van der Waals surface area contributed by atoms with Crippen molar-refractivity contribution in [2.45, 2.75) is 19.8 Å². The molecule has 0 radical (unpaired) electrons. The van der Waals surface area contributed by atoms with E-state index in [1.54, 1.807) is 6.20 Å². The molecular formula is C12H19ClN4. The number of likely N-dealkylation sites (tertiary alicyclic amines) is 1. The fourth-order valence-electron chi connectivity index (χ4n) is 2.29. The highest BCUT2D eigenvalue weighted by atomic mass is 35.5. The third kappa shape index (κ3) is 3.54. The molecule has 2 rings (SSSR count). The van der Waals surface area contributed by atoms with Crippen molar-refractivity contribution < 1.29 is 0 Å². The number of nitrogens with one attached hydrogen (secondary N) is 1. The van der Waals surface area contributed by atoms with Gasteiger partial charge in [-0.25, -0.2) is 9.97 Å². The van der Waals surface area contributed by atoms with Crippen LogP contribution in [0.4, 0.5) is 5.82 Å². The van der Waals surface area contributed by atoms with Crippen molar-refractivity contribution in [3.63, 3.8) is 0 Å². The van der Waals surface area contributed by atoms with Gasteiger partial charge in [0.1, 0.15) is 17.2 Å². The summed E-state index contributed by atoms with van der Waals surface area (Å²) in [4.78, 5) is 10.5. The maximum absolute atomic E-state index is 6.00. The smallest absolute Gasteiger partial charge is 0.148 e. The zero-order chi connectivity index (χ0) is 12.1. The summed E-state index contributed by atoms with van der Waals surface area (Å²) in [7, 11) is 0. The lowest BCUT2D eigenvalue weighted by Crippen LogP contribution is -2.37. The number of aromatic nitrogens is 2. The van der Waals surface area contributed by atoms with Crippen LogP contribution in [0.2, 0.25) is 5.02 Å². The van der Waals surface area contributed by atoms with Gasteiger partial charge in [-0.15, -0.1) is 0 Å². The zero-order valence-electron chi connectivity index (χ0n) is 10.2. The monoisotopic (exact) mass is 254 g/mol. The Labute approximate surface area is 107 Å². The van der Waals surface area contributed by atoms with Crippen LogP contribution in [0.3, 0.4) is 0 Å². The molecule has 0 saturated carbocycles. The van der Waals surface area contributed by atoms with Crippen molar-refractivity contribution in [1.82, 2.24) is 14.9 Å². The molecule has 1 saturated heterocycles. The molecule has 17 heavy (non-hydrogen) atoms. The summed E-state index contributed by atoms with van der Waals surface area (Å²) >= 11 is 6.00. The van der Waals surface area contributed by atoms with E-state index in [0.29, 0.717) is 10.9 Å². The van der Waals surface area contributed by atoms with Crippen LogP contribution in [0.1, 0.15) is 19.8 Å². The van der Waals surface area contributed by atoms with Crippen LogP contribution < -0.4 is 5.32 Å². The van der Waals surface area contributed by atoms with E-state index < -0.39 is 0 Å². The predicted molar refractivity (Wildman–Crippen MR) is 70.4 cm³/mol. The second-order valence-electron chi connectivity index (χ2n) is 4.50. The van der Waals surface area contributed by atoms with Gasteiger partial charge in [0.2, 0.25) is 0 Å². The zero-order valence-corrected chi connectivity index (χ0v) is 11.0. The molecule has 1 aliphatic rings. The first-order chi connectivity index (χ1) is 8.29. The van der Waals surface area contributed by atoms with Gasteiger partial charge in [0.05, 0.1) is 6.20 Å². The van der Waals surface area contributed by atoms with Crippen LogP contribution in [0, 0.1) is 5.92 Å². The molecule has 1 aromatic heterocycles. The lowest BCUT2D eigenvalue weighted by atomic mass is 9.98.